The van der Waals surface area contributed by atoms with E-state index < -0.39 is 17.1 Å². The van der Waals surface area contributed by atoms with E-state index in [1.54, 1.807) is 6.07 Å². The van der Waals surface area contributed by atoms with Crippen molar-refractivity contribution >= 4 is 5.78 Å². The molecule has 1 saturated heterocycles. The van der Waals surface area contributed by atoms with Crippen LogP contribution in [-0.4, -0.2) is 75.7 Å². The van der Waals surface area contributed by atoms with E-state index in [1.807, 2.05) is 13.1 Å². The number of aromatic hydroxyl groups is 1. The van der Waals surface area contributed by atoms with Crippen molar-refractivity contribution in [3.8, 4) is 11.5 Å². The highest BCUT2D eigenvalue weighted by Gasteiger charge is 2.72. The fraction of sp³-hybridized carbons (Fsp3) is 0.650. The minimum Gasteiger partial charge on any atom is -0.504 e. The molecule has 2 fully saturated rings. The third kappa shape index (κ3) is 2.32. The van der Waals surface area contributed by atoms with Gasteiger partial charge in [-0.2, -0.15) is 0 Å². The van der Waals surface area contributed by atoms with E-state index in [-0.39, 0.29) is 30.8 Å². The Kier molecular flexibility index (Phi) is 4.46. The summed E-state index contributed by atoms with van der Waals surface area (Å²) < 4.78 is 5.94. The second-order valence-corrected chi connectivity index (χ2v) is 8.06. The van der Waals surface area contributed by atoms with Crippen LogP contribution in [-0.2, 0) is 16.6 Å². The molecule has 0 radical (unpaired) electrons. The number of aliphatic hydroxyl groups excluding tert-OH is 2. The number of hydrogen-bond acceptors (Lipinski definition) is 7. The summed E-state index contributed by atoms with van der Waals surface area (Å²) >= 11 is 0. The van der Waals surface area contributed by atoms with Crippen molar-refractivity contribution in [1.29, 1.82) is 0 Å². The number of benzene rings is 1. The highest BCUT2D eigenvalue weighted by molar-refractivity contribution is 5.90. The zero-order valence-electron chi connectivity index (χ0n) is 15.5. The van der Waals surface area contributed by atoms with Gasteiger partial charge in [0.25, 0.3) is 0 Å². The Morgan fingerprint density at radius 1 is 1.26 bits per heavy atom. The molecule has 7 nitrogen and oxygen atoms in total. The minimum absolute atomic E-state index is 0.00319. The van der Waals surface area contributed by atoms with Gasteiger partial charge in [-0.1, -0.05) is 6.07 Å². The fourth-order valence-electron chi connectivity index (χ4n) is 5.61. The van der Waals surface area contributed by atoms with Crippen molar-refractivity contribution in [3.63, 3.8) is 0 Å². The Balaban J connectivity index is 0.000000323. The van der Waals surface area contributed by atoms with E-state index in [0.717, 1.165) is 24.1 Å². The predicted molar refractivity (Wildman–Crippen MR) is 96.9 cm³/mol. The molecule has 7 heteroatoms. The fourth-order valence-corrected chi connectivity index (χ4v) is 5.61. The van der Waals surface area contributed by atoms with Crippen LogP contribution in [0.3, 0.4) is 0 Å². The zero-order chi connectivity index (χ0) is 19.4. The Bertz CT molecular complexity index is 765. The number of hydrogen-bond donors (Lipinski definition) is 4. The molecule has 4 atom stereocenters. The predicted octanol–water partition coefficient (Wildman–Crippen LogP) is 0.106. The Morgan fingerprint density at radius 2 is 2.00 bits per heavy atom. The lowest BCUT2D eigenvalue weighted by Crippen LogP contribution is -2.76. The first-order valence-electron chi connectivity index (χ1n) is 9.59. The number of aliphatic hydroxyl groups is 3. The lowest BCUT2D eigenvalue weighted by atomic mass is 9.49. The highest BCUT2D eigenvalue weighted by Crippen LogP contribution is 2.64. The number of ketones is 1. The van der Waals surface area contributed by atoms with Gasteiger partial charge >= 0.3 is 0 Å². The average molecular weight is 377 g/mol. The van der Waals surface area contributed by atoms with Crippen molar-refractivity contribution < 1.29 is 30.0 Å². The Morgan fingerprint density at radius 3 is 2.67 bits per heavy atom. The number of phenolic OH excluding ortho intramolecular Hbond substituents is 1. The first-order valence-corrected chi connectivity index (χ1v) is 9.59. The van der Waals surface area contributed by atoms with Crippen LogP contribution in [0.2, 0.25) is 0 Å². The second-order valence-electron chi connectivity index (χ2n) is 8.06. The molecule has 1 spiro atoms. The molecule has 148 valence electrons. The van der Waals surface area contributed by atoms with Crippen molar-refractivity contribution in [3.05, 3.63) is 23.3 Å². The van der Waals surface area contributed by atoms with Gasteiger partial charge in [-0.25, -0.2) is 0 Å². The summed E-state index contributed by atoms with van der Waals surface area (Å²) in [7, 11) is 2.04. The van der Waals surface area contributed by atoms with Crippen molar-refractivity contribution in [1.82, 2.24) is 4.90 Å². The van der Waals surface area contributed by atoms with Crippen LogP contribution >= 0.6 is 0 Å². The van der Waals surface area contributed by atoms with Crippen LogP contribution < -0.4 is 4.74 Å². The van der Waals surface area contributed by atoms with Gasteiger partial charge in [-0.05, 0) is 50.9 Å². The summed E-state index contributed by atoms with van der Waals surface area (Å²) in [5.41, 5.74) is 0.370. The van der Waals surface area contributed by atoms with Gasteiger partial charge in [0.15, 0.2) is 23.4 Å². The minimum atomic E-state index is -0.954. The van der Waals surface area contributed by atoms with Crippen LogP contribution in [0, 0.1) is 0 Å². The molecule has 0 aromatic heterocycles. The number of piperidine rings is 1. The molecule has 27 heavy (non-hydrogen) atoms. The van der Waals surface area contributed by atoms with Gasteiger partial charge < -0.3 is 30.1 Å². The number of phenols is 1. The summed E-state index contributed by atoms with van der Waals surface area (Å²) in [6.07, 6.45) is 2.11. The standard InChI is InChI=1S/C17H19NO4.C3H8O2/c1-18-7-6-16-13-9-2-3-10(19)14(13)22-15(16)11(20)4-5-17(16,21)12(18)8-9;4-2-1-3-5/h2-3,12,15,19,21H,4-8H2,1H3;4-5H,1-3H2/t12-,15+,16+,17-;/m1./s1. The molecule has 5 rings (SSSR count). The average Bonchev–Trinajstić information content (AvgIpc) is 3.01. The van der Waals surface area contributed by atoms with E-state index >= 15 is 0 Å². The lowest BCUT2D eigenvalue weighted by Gasteiger charge is -2.61. The molecule has 2 heterocycles. The molecule has 1 aromatic rings. The summed E-state index contributed by atoms with van der Waals surface area (Å²) in [5.74, 6) is 0.561. The molecule has 1 saturated carbocycles. The first kappa shape index (κ1) is 18.7. The van der Waals surface area contributed by atoms with Gasteiger partial charge in [0.05, 0.1) is 11.0 Å². The lowest BCUT2D eigenvalue weighted by molar-refractivity contribution is -0.185. The van der Waals surface area contributed by atoms with Gasteiger partial charge in [0, 0.05) is 31.2 Å². The summed E-state index contributed by atoms with van der Waals surface area (Å²) in [6, 6.07) is 3.57. The molecule has 1 aromatic carbocycles. The van der Waals surface area contributed by atoms with Crippen LogP contribution in [0.1, 0.15) is 36.8 Å². The number of likely N-dealkylation sites (N-methyl/N-ethyl adjacent to an activating group) is 1. The van der Waals surface area contributed by atoms with Crippen molar-refractivity contribution in [2.24, 2.45) is 0 Å². The Labute approximate surface area is 158 Å². The molecule has 0 unspecified atom stereocenters. The molecular formula is C20H27NO6. The van der Waals surface area contributed by atoms with Crippen LogP contribution in [0.25, 0.3) is 0 Å². The smallest absolute Gasteiger partial charge is 0.174 e. The summed E-state index contributed by atoms with van der Waals surface area (Å²) in [4.78, 5) is 14.7. The van der Waals surface area contributed by atoms with E-state index in [9.17, 15) is 15.0 Å². The van der Waals surface area contributed by atoms with Crippen LogP contribution in [0.5, 0.6) is 11.5 Å². The van der Waals surface area contributed by atoms with E-state index in [4.69, 9.17) is 14.9 Å². The topological polar surface area (TPSA) is 110 Å². The van der Waals surface area contributed by atoms with Crippen LogP contribution in [0.4, 0.5) is 0 Å². The molecule has 2 aliphatic carbocycles. The molecular weight excluding hydrogens is 350 g/mol. The van der Waals surface area contributed by atoms with Gasteiger partial charge in [-0.3, -0.25) is 4.79 Å². The van der Waals surface area contributed by atoms with Gasteiger partial charge in [0.2, 0.25) is 0 Å². The van der Waals surface area contributed by atoms with Crippen LogP contribution in [0.15, 0.2) is 12.1 Å². The number of Topliss-reactive ketones (excluding diaryl/α,β-unsaturated/α-hetero) is 1. The second kappa shape index (κ2) is 6.44. The number of carbonyl (C=O) groups is 1. The van der Waals surface area contributed by atoms with E-state index in [2.05, 4.69) is 4.90 Å². The molecule has 4 N–H and O–H groups in total. The Hall–Kier alpha value is -1.67. The number of carbonyl (C=O) groups excluding carboxylic acids is 1. The van der Waals surface area contributed by atoms with Crippen molar-refractivity contribution in [2.45, 2.75) is 55.3 Å². The highest BCUT2D eigenvalue weighted by atomic mass is 16.5. The molecule has 2 bridgehead atoms. The maximum atomic E-state index is 12.5. The molecule has 0 amide bonds. The normalized spacial score (nSPS) is 35.8. The zero-order valence-corrected chi connectivity index (χ0v) is 15.5. The first-order chi connectivity index (χ1) is 12.9. The quantitative estimate of drug-likeness (QED) is 0.579. The molecule has 4 aliphatic rings. The third-order valence-electron chi connectivity index (χ3n) is 6.84. The van der Waals surface area contributed by atoms with Gasteiger partial charge in [0.1, 0.15) is 0 Å². The van der Waals surface area contributed by atoms with E-state index in [0.29, 0.717) is 31.4 Å². The maximum Gasteiger partial charge on any atom is 0.174 e. The maximum absolute atomic E-state index is 12.5. The molecule has 2 aliphatic heterocycles. The monoisotopic (exact) mass is 377 g/mol. The number of nitrogens with zero attached hydrogens (tertiary/aromatic N) is 1. The SMILES string of the molecule is CN1CC[C@]23c4c5ccc(O)c4O[C@H]2C(=O)CC[C@@]3(O)[C@H]1C5.OCCCO. The summed E-state index contributed by atoms with van der Waals surface area (Å²) in [5, 5.41) is 37.6. The number of rotatable bonds is 2. The van der Waals surface area contributed by atoms with Crippen molar-refractivity contribution in [2.75, 3.05) is 26.8 Å². The third-order valence-corrected chi connectivity index (χ3v) is 6.84. The number of likely N-dealkylation sites (tertiary alicyclic amines) is 1. The van der Waals surface area contributed by atoms with E-state index in [1.165, 1.54) is 0 Å². The number of ether oxygens (including phenoxy) is 1. The largest absolute Gasteiger partial charge is 0.504 e. The van der Waals surface area contributed by atoms with Gasteiger partial charge in [-0.15, -0.1) is 0 Å². The summed E-state index contributed by atoms with van der Waals surface area (Å²) in [6.45, 7) is 1.02.